The molecule has 54 valence electrons. The molecule has 0 spiro atoms. The van der Waals surface area contributed by atoms with Gasteiger partial charge in [-0.1, -0.05) is 6.92 Å². The van der Waals surface area contributed by atoms with Crippen molar-refractivity contribution in [3.8, 4) is 0 Å². The molecule has 0 fully saturated rings. The predicted octanol–water partition coefficient (Wildman–Crippen LogP) is 1.71. The number of hydrogen-bond donors (Lipinski definition) is 1. The molecule has 0 saturated carbocycles. The molecule has 9 heavy (non-hydrogen) atoms. The Morgan fingerprint density at radius 1 is 1.56 bits per heavy atom. The lowest BCUT2D eigenvalue weighted by Gasteiger charge is -2.23. The van der Waals surface area contributed by atoms with E-state index in [1.807, 2.05) is 18.9 Å². The van der Waals surface area contributed by atoms with E-state index < -0.39 is 0 Å². The van der Waals surface area contributed by atoms with Gasteiger partial charge >= 0.3 is 0 Å². The van der Waals surface area contributed by atoms with Gasteiger partial charge in [0.1, 0.15) is 0 Å². The van der Waals surface area contributed by atoms with Gasteiger partial charge in [0.05, 0.1) is 5.84 Å². The van der Waals surface area contributed by atoms with Gasteiger partial charge in [-0.25, -0.2) is 0 Å². The molecular formula is C7H16N2. The van der Waals surface area contributed by atoms with E-state index in [0.717, 1.165) is 6.42 Å². The van der Waals surface area contributed by atoms with Crippen LogP contribution in [0.2, 0.25) is 0 Å². The standard InChI is InChI=1S/C7H16N2/c1-5-7(8)9(4)6(2)3/h6,8H,5H2,1-4H3. The highest BCUT2D eigenvalue weighted by Gasteiger charge is 2.03. The summed E-state index contributed by atoms with van der Waals surface area (Å²) in [7, 11) is 1.95. The van der Waals surface area contributed by atoms with Gasteiger partial charge in [0.15, 0.2) is 0 Å². The van der Waals surface area contributed by atoms with Crippen molar-refractivity contribution in [2.75, 3.05) is 7.05 Å². The topological polar surface area (TPSA) is 27.1 Å². The van der Waals surface area contributed by atoms with Crippen LogP contribution in [0.25, 0.3) is 0 Å². The lowest BCUT2D eigenvalue weighted by molar-refractivity contribution is 0.408. The van der Waals surface area contributed by atoms with Gasteiger partial charge in [0.25, 0.3) is 0 Å². The fraction of sp³-hybridized carbons (Fsp3) is 0.857. The predicted molar refractivity (Wildman–Crippen MR) is 40.9 cm³/mol. The van der Waals surface area contributed by atoms with Crippen LogP contribution < -0.4 is 0 Å². The van der Waals surface area contributed by atoms with Crippen molar-refractivity contribution < 1.29 is 0 Å². The molecule has 0 amide bonds. The molecule has 0 aromatic heterocycles. The first-order valence-electron chi connectivity index (χ1n) is 3.39. The van der Waals surface area contributed by atoms with Crippen molar-refractivity contribution in [2.45, 2.75) is 33.2 Å². The third-order valence-corrected chi connectivity index (χ3v) is 1.54. The molecule has 0 aromatic rings. The third-order valence-electron chi connectivity index (χ3n) is 1.54. The van der Waals surface area contributed by atoms with Crippen molar-refractivity contribution in [3.63, 3.8) is 0 Å². The lowest BCUT2D eigenvalue weighted by atomic mass is 10.3. The summed E-state index contributed by atoms with van der Waals surface area (Å²) in [4.78, 5) is 1.97. The summed E-state index contributed by atoms with van der Waals surface area (Å²) in [6.45, 7) is 6.18. The number of amidine groups is 1. The summed E-state index contributed by atoms with van der Waals surface area (Å²) in [6, 6.07) is 0.456. The molecule has 0 aliphatic carbocycles. The lowest BCUT2D eigenvalue weighted by Crippen LogP contribution is -2.31. The van der Waals surface area contributed by atoms with Crippen LogP contribution in [0.15, 0.2) is 0 Å². The SMILES string of the molecule is CCC(=N)N(C)C(C)C. The van der Waals surface area contributed by atoms with Crippen LogP contribution in [0.1, 0.15) is 27.2 Å². The Morgan fingerprint density at radius 3 is 2.11 bits per heavy atom. The number of hydrogen-bond acceptors (Lipinski definition) is 1. The molecule has 0 atom stereocenters. The Kier molecular flexibility index (Phi) is 3.28. The zero-order valence-electron chi connectivity index (χ0n) is 6.73. The summed E-state index contributed by atoms with van der Waals surface area (Å²) in [6.07, 6.45) is 0.828. The van der Waals surface area contributed by atoms with Crippen molar-refractivity contribution in [1.29, 1.82) is 5.41 Å². The van der Waals surface area contributed by atoms with Crippen molar-refractivity contribution >= 4 is 5.84 Å². The molecule has 0 radical (unpaired) electrons. The Balaban J connectivity index is 3.72. The molecule has 0 aromatic carbocycles. The molecule has 2 heteroatoms. The van der Waals surface area contributed by atoms with Gasteiger partial charge in [0.2, 0.25) is 0 Å². The van der Waals surface area contributed by atoms with Crippen LogP contribution in [0.4, 0.5) is 0 Å². The van der Waals surface area contributed by atoms with Gasteiger partial charge in [-0.3, -0.25) is 5.41 Å². The van der Waals surface area contributed by atoms with Crippen LogP contribution in [0, 0.1) is 5.41 Å². The molecule has 0 heterocycles. The maximum Gasteiger partial charge on any atom is 0.0954 e. The summed E-state index contributed by atoms with van der Waals surface area (Å²) in [5.74, 6) is 0.713. The van der Waals surface area contributed by atoms with Crippen LogP contribution in [0.3, 0.4) is 0 Å². The number of nitrogens with zero attached hydrogens (tertiary/aromatic N) is 1. The first-order chi connectivity index (χ1) is 4.09. The Labute approximate surface area is 57.4 Å². The Morgan fingerprint density at radius 2 is 2.00 bits per heavy atom. The number of nitrogens with one attached hydrogen (secondary N) is 1. The van der Waals surface area contributed by atoms with E-state index in [9.17, 15) is 0 Å². The zero-order valence-corrected chi connectivity index (χ0v) is 6.73. The molecule has 2 nitrogen and oxygen atoms in total. The first kappa shape index (κ1) is 8.47. The van der Waals surface area contributed by atoms with Gasteiger partial charge in [-0.15, -0.1) is 0 Å². The van der Waals surface area contributed by atoms with Crippen LogP contribution in [0.5, 0.6) is 0 Å². The van der Waals surface area contributed by atoms with Crippen molar-refractivity contribution in [1.82, 2.24) is 4.90 Å². The minimum absolute atomic E-state index is 0.456. The molecular weight excluding hydrogens is 112 g/mol. The highest BCUT2D eigenvalue weighted by molar-refractivity contribution is 5.78. The van der Waals surface area contributed by atoms with E-state index in [-0.39, 0.29) is 0 Å². The monoisotopic (exact) mass is 128 g/mol. The van der Waals surface area contributed by atoms with Gasteiger partial charge in [-0.2, -0.15) is 0 Å². The van der Waals surface area contributed by atoms with E-state index >= 15 is 0 Å². The molecule has 0 saturated heterocycles. The fourth-order valence-electron chi connectivity index (χ4n) is 0.561. The summed E-state index contributed by atoms with van der Waals surface area (Å²) >= 11 is 0. The summed E-state index contributed by atoms with van der Waals surface area (Å²) in [5.41, 5.74) is 0. The van der Waals surface area contributed by atoms with E-state index in [1.165, 1.54) is 0 Å². The van der Waals surface area contributed by atoms with Crippen molar-refractivity contribution in [3.05, 3.63) is 0 Å². The van der Waals surface area contributed by atoms with Crippen LogP contribution in [-0.4, -0.2) is 23.8 Å². The molecule has 0 bridgehead atoms. The maximum atomic E-state index is 7.40. The fourth-order valence-corrected chi connectivity index (χ4v) is 0.561. The molecule has 0 aliphatic heterocycles. The second kappa shape index (κ2) is 3.49. The molecule has 0 aliphatic rings. The highest BCUT2D eigenvalue weighted by atomic mass is 15.2. The third kappa shape index (κ3) is 2.49. The second-order valence-corrected chi connectivity index (χ2v) is 2.50. The number of rotatable bonds is 2. The zero-order chi connectivity index (χ0) is 7.44. The van der Waals surface area contributed by atoms with Crippen LogP contribution >= 0.6 is 0 Å². The Bertz CT molecular complexity index is 97.1. The highest BCUT2D eigenvalue weighted by Crippen LogP contribution is 1.96. The quantitative estimate of drug-likeness (QED) is 0.445. The second-order valence-electron chi connectivity index (χ2n) is 2.50. The first-order valence-corrected chi connectivity index (χ1v) is 3.39. The summed E-state index contributed by atoms with van der Waals surface area (Å²) < 4.78 is 0. The normalized spacial score (nSPS) is 9.89. The summed E-state index contributed by atoms with van der Waals surface area (Å²) in [5, 5.41) is 7.40. The minimum Gasteiger partial charge on any atom is -0.361 e. The molecule has 1 N–H and O–H groups in total. The average molecular weight is 128 g/mol. The van der Waals surface area contributed by atoms with E-state index in [0.29, 0.717) is 11.9 Å². The average Bonchev–Trinajstić information content (AvgIpc) is 1.84. The van der Waals surface area contributed by atoms with Gasteiger partial charge in [0, 0.05) is 19.5 Å². The van der Waals surface area contributed by atoms with E-state index in [4.69, 9.17) is 5.41 Å². The van der Waals surface area contributed by atoms with Crippen LogP contribution in [-0.2, 0) is 0 Å². The van der Waals surface area contributed by atoms with E-state index in [1.54, 1.807) is 0 Å². The Hall–Kier alpha value is -0.530. The minimum atomic E-state index is 0.456. The van der Waals surface area contributed by atoms with E-state index in [2.05, 4.69) is 13.8 Å². The largest absolute Gasteiger partial charge is 0.361 e. The molecule has 0 unspecified atom stereocenters. The van der Waals surface area contributed by atoms with Gasteiger partial charge in [-0.05, 0) is 13.8 Å². The molecule has 0 rings (SSSR count). The smallest absolute Gasteiger partial charge is 0.0954 e. The van der Waals surface area contributed by atoms with Gasteiger partial charge < -0.3 is 4.90 Å². The maximum absolute atomic E-state index is 7.40. The van der Waals surface area contributed by atoms with Crippen molar-refractivity contribution in [2.24, 2.45) is 0 Å².